The first-order valence-corrected chi connectivity index (χ1v) is 11.5. The van der Waals surface area contributed by atoms with Crippen LogP contribution < -0.4 is 14.8 Å². The summed E-state index contributed by atoms with van der Waals surface area (Å²) in [7, 11) is 0. The lowest BCUT2D eigenvalue weighted by Crippen LogP contribution is -2.31. The average Bonchev–Trinajstić information content (AvgIpc) is 2.97. The van der Waals surface area contributed by atoms with Crippen molar-refractivity contribution in [1.29, 1.82) is 0 Å². The molecule has 30 heavy (non-hydrogen) atoms. The van der Waals surface area contributed by atoms with E-state index < -0.39 is 0 Å². The molecule has 1 N–H and O–H groups in total. The molecule has 8 heteroatoms. The van der Waals surface area contributed by atoms with Crippen LogP contribution in [0.15, 0.2) is 42.1 Å². The highest BCUT2D eigenvalue weighted by atomic mass is 127. The lowest BCUT2D eigenvalue weighted by molar-refractivity contribution is -0.122. The Hall–Kier alpha value is -1.84. The van der Waals surface area contributed by atoms with Gasteiger partial charge in [0.1, 0.15) is 12.3 Å². The largest absolute Gasteiger partial charge is 0.490 e. The molecule has 0 saturated carbocycles. The Morgan fingerprint density at radius 2 is 1.93 bits per heavy atom. The van der Waals surface area contributed by atoms with Crippen molar-refractivity contribution >= 4 is 63.5 Å². The maximum absolute atomic E-state index is 12.6. The fraction of sp³-hybridized carbons (Fsp3) is 0.273. The molecule has 2 aromatic carbocycles. The molecule has 0 aromatic heterocycles. The summed E-state index contributed by atoms with van der Waals surface area (Å²) in [6.45, 7) is 5.43. The van der Waals surface area contributed by atoms with Crippen LogP contribution in [0.5, 0.6) is 11.5 Å². The number of nitrogens with one attached hydrogen (secondary N) is 1. The molecular formula is C22H22ClIN2O3S. The number of thiocarbonyl (C=S) groups is 1. The molecule has 3 rings (SSSR count). The Balaban J connectivity index is 1.85. The van der Waals surface area contributed by atoms with Gasteiger partial charge in [0.15, 0.2) is 16.6 Å². The SMILES string of the molecule is CCCN1C(=O)/C(=C/c2cc(I)c(OCc3ccc(Cl)cc3)c(OCC)c2)NC1=S. The molecule has 1 aliphatic rings. The van der Waals surface area contributed by atoms with E-state index in [4.69, 9.17) is 33.3 Å². The molecular weight excluding hydrogens is 535 g/mol. The van der Waals surface area contributed by atoms with Crippen LogP contribution in [-0.2, 0) is 11.4 Å². The monoisotopic (exact) mass is 556 g/mol. The number of benzene rings is 2. The predicted molar refractivity (Wildman–Crippen MR) is 132 cm³/mol. The summed E-state index contributed by atoms with van der Waals surface area (Å²) >= 11 is 13.4. The van der Waals surface area contributed by atoms with Gasteiger partial charge in [0, 0.05) is 11.6 Å². The Morgan fingerprint density at radius 1 is 1.20 bits per heavy atom. The molecule has 0 aliphatic carbocycles. The van der Waals surface area contributed by atoms with Gasteiger partial charge in [-0.2, -0.15) is 0 Å². The second kappa shape index (κ2) is 10.5. The molecule has 0 unspecified atom stereocenters. The number of carbonyl (C=O) groups excluding carboxylic acids is 1. The molecule has 0 spiro atoms. The normalized spacial score (nSPS) is 14.9. The predicted octanol–water partition coefficient (Wildman–Crippen LogP) is 5.39. The number of nitrogens with zero attached hydrogens (tertiary/aromatic N) is 1. The van der Waals surface area contributed by atoms with Crippen LogP contribution in [0.25, 0.3) is 6.08 Å². The summed E-state index contributed by atoms with van der Waals surface area (Å²) in [5, 5.41) is 4.14. The molecule has 158 valence electrons. The molecule has 1 aliphatic heterocycles. The fourth-order valence-electron chi connectivity index (χ4n) is 2.98. The summed E-state index contributed by atoms with van der Waals surface area (Å²) < 4.78 is 12.8. The number of hydrogen-bond acceptors (Lipinski definition) is 4. The highest BCUT2D eigenvalue weighted by Crippen LogP contribution is 2.35. The highest BCUT2D eigenvalue weighted by Gasteiger charge is 2.29. The molecule has 1 heterocycles. The van der Waals surface area contributed by atoms with Crippen molar-refractivity contribution in [3.8, 4) is 11.5 Å². The van der Waals surface area contributed by atoms with Crippen molar-refractivity contribution in [1.82, 2.24) is 10.2 Å². The third-order valence-electron chi connectivity index (χ3n) is 4.35. The second-order valence-corrected chi connectivity index (χ2v) is 8.61. The van der Waals surface area contributed by atoms with Crippen molar-refractivity contribution in [2.75, 3.05) is 13.2 Å². The standard InChI is InChI=1S/C22H22ClIN2O3S/c1-3-9-26-21(27)18(25-22(26)30)11-15-10-17(24)20(19(12-15)28-4-2)29-13-14-5-7-16(23)8-6-14/h5-8,10-12H,3-4,9,13H2,1-2H3,(H,25,30)/b18-11-. The lowest BCUT2D eigenvalue weighted by Gasteiger charge is -2.15. The zero-order valence-electron chi connectivity index (χ0n) is 16.7. The number of amides is 1. The molecule has 1 amide bonds. The molecule has 0 bridgehead atoms. The zero-order valence-corrected chi connectivity index (χ0v) is 20.4. The first kappa shape index (κ1) is 22.8. The van der Waals surface area contributed by atoms with Crippen LogP contribution >= 0.6 is 46.4 Å². The van der Waals surface area contributed by atoms with Crippen molar-refractivity contribution < 1.29 is 14.3 Å². The first-order chi connectivity index (χ1) is 14.4. The zero-order chi connectivity index (χ0) is 21.7. The quantitative estimate of drug-likeness (QED) is 0.268. The summed E-state index contributed by atoms with van der Waals surface area (Å²) in [5.41, 5.74) is 2.30. The maximum Gasteiger partial charge on any atom is 0.276 e. The van der Waals surface area contributed by atoms with E-state index in [1.165, 1.54) is 0 Å². The van der Waals surface area contributed by atoms with Gasteiger partial charge in [-0.05, 0) is 89.6 Å². The van der Waals surface area contributed by atoms with Crippen LogP contribution in [0, 0.1) is 3.57 Å². The number of hydrogen-bond donors (Lipinski definition) is 1. The van der Waals surface area contributed by atoms with Crippen molar-refractivity contribution in [3.63, 3.8) is 0 Å². The number of carbonyl (C=O) groups is 1. The Bertz CT molecular complexity index is 979. The molecule has 2 aromatic rings. The van der Waals surface area contributed by atoms with Crippen LogP contribution in [0.3, 0.4) is 0 Å². The Morgan fingerprint density at radius 3 is 2.60 bits per heavy atom. The molecule has 1 fully saturated rings. The third kappa shape index (κ3) is 5.44. The lowest BCUT2D eigenvalue weighted by atomic mass is 10.1. The topological polar surface area (TPSA) is 50.8 Å². The van der Waals surface area contributed by atoms with Crippen molar-refractivity contribution in [2.45, 2.75) is 26.9 Å². The summed E-state index contributed by atoms with van der Waals surface area (Å²) in [6, 6.07) is 11.3. The minimum Gasteiger partial charge on any atom is -0.490 e. The number of rotatable bonds is 8. The molecule has 0 radical (unpaired) electrons. The van der Waals surface area contributed by atoms with E-state index >= 15 is 0 Å². The smallest absolute Gasteiger partial charge is 0.276 e. The van der Waals surface area contributed by atoms with Gasteiger partial charge in [0.2, 0.25) is 0 Å². The van der Waals surface area contributed by atoms with Crippen molar-refractivity contribution in [2.24, 2.45) is 0 Å². The van der Waals surface area contributed by atoms with Gasteiger partial charge in [-0.15, -0.1) is 0 Å². The average molecular weight is 557 g/mol. The third-order valence-corrected chi connectivity index (χ3v) is 5.72. The van der Waals surface area contributed by atoms with Gasteiger partial charge in [-0.1, -0.05) is 30.7 Å². The Labute approximate surface area is 200 Å². The van der Waals surface area contributed by atoms with E-state index in [0.29, 0.717) is 47.1 Å². The van der Waals surface area contributed by atoms with Gasteiger partial charge >= 0.3 is 0 Å². The number of ether oxygens (including phenoxy) is 2. The summed E-state index contributed by atoms with van der Waals surface area (Å²) in [4.78, 5) is 14.2. The van der Waals surface area contributed by atoms with E-state index in [9.17, 15) is 4.79 Å². The maximum atomic E-state index is 12.6. The highest BCUT2D eigenvalue weighted by molar-refractivity contribution is 14.1. The van der Waals surface area contributed by atoms with Gasteiger partial charge in [0.05, 0.1) is 10.2 Å². The van der Waals surface area contributed by atoms with E-state index in [2.05, 4.69) is 27.9 Å². The van der Waals surface area contributed by atoms with E-state index in [0.717, 1.165) is 21.1 Å². The molecule has 0 atom stereocenters. The van der Waals surface area contributed by atoms with Crippen LogP contribution in [-0.4, -0.2) is 29.1 Å². The summed E-state index contributed by atoms with van der Waals surface area (Å²) in [6.07, 6.45) is 2.63. The van der Waals surface area contributed by atoms with E-state index in [-0.39, 0.29) is 5.91 Å². The molecule has 5 nitrogen and oxygen atoms in total. The van der Waals surface area contributed by atoms with Gasteiger partial charge < -0.3 is 14.8 Å². The fourth-order valence-corrected chi connectivity index (χ4v) is 4.17. The summed E-state index contributed by atoms with van der Waals surface area (Å²) in [5.74, 6) is 1.19. The van der Waals surface area contributed by atoms with Crippen LogP contribution in [0.4, 0.5) is 0 Å². The van der Waals surface area contributed by atoms with E-state index in [1.54, 1.807) is 11.0 Å². The van der Waals surface area contributed by atoms with Gasteiger partial charge in [0.25, 0.3) is 5.91 Å². The second-order valence-electron chi connectivity index (χ2n) is 6.62. The van der Waals surface area contributed by atoms with Gasteiger partial charge in [-0.25, -0.2) is 0 Å². The van der Waals surface area contributed by atoms with Crippen LogP contribution in [0.2, 0.25) is 5.02 Å². The molecule has 1 saturated heterocycles. The van der Waals surface area contributed by atoms with Crippen molar-refractivity contribution in [3.05, 3.63) is 61.8 Å². The Kier molecular flexibility index (Phi) is 7.96. The van der Waals surface area contributed by atoms with Crippen LogP contribution in [0.1, 0.15) is 31.4 Å². The first-order valence-electron chi connectivity index (χ1n) is 9.61. The van der Waals surface area contributed by atoms with E-state index in [1.807, 2.05) is 50.2 Å². The minimum atomic E-state index is -0.113. The number of halogens is 2. The van der Waals surface area contributed by atoms with Gasteiger partial charge in [-0.3, -0.25) is 9.69 Å². The minimum absolute atomic E-state index is 0.113.